The van der Waals surface area contributed by atoms with Gasteiger partial charge in [-0.15, -0.1) is 0 Å². The molecule has 0 aliphatic carbocycles. The molecule has 1 aromatic heterocycles. The molecular weight excluding hydrogens is 260 g/mol. The van der Waals surface area contributed by atoms with Crippen LogP contribution in [0.2, 0.25) is 0 Å². The third-order valence-electron chi connectivity index (χ3n) is 1.98. The Balaban J connectivity index is 2.82. The molecule has 0 aromatic carbocycles. The first-order valence-corrected chi connectivity index (χ1v) is 6.94. The molecule has 17 heavy (non-hydrogen) atoms. The van der Waals surface area contributed by atoms with E-state index < -0.39 is 10.0 Å². The zero-order chi connectivity index (χ0) is 13.1. The average molecular weight is 274 g/mol. The Morgan fingerprint density at radius 3 is 2.71 bits per heavy atom. The minimum Gasteiger partial charge on any atom is -0.389 e. The standard InChI is InChI=1S/C9H14N4O2S2/c1-6-2-3-7(8(10)16)9(13-6)12-4-5-17(11,14)15/h2-3H,4-5H2,1H3,(H2,10,16)(H,12,13)(H2,11,14,15). The van der Waals surface area contributed by atoms with E-state index in [9.17, 15) is 8.42 Å². The van der Waals surface area contributed by atoms with Gasteiger partial charge in [-0.05, 0) is 19.1 Å². The van der Waals surface area contributed by atoms with Crippen molar-refractivity contribution in [3.05, 3.63) is 23.4 Å². The number of nitrogens with two attached hydrogens (primary N) is 2. The van der Waals surface area contributed by atoms with Gasteiger partial charge in [0.2, 0.25) is 10.0 Å². The van der Waals surface area contributed by atoms with E-state index in [1.165, 1.54) is 0 Å². The molecule has 5 N–H and O–H groups in total. The second-order valence-electron chi connectivity index (χ2n) is 3.51. The monoisotopic (exact) mass is 274 g/mol. The Morgan fingerprint density at radius 1 is 1.53 bits per heavy atom. The molecule has 6 nitrogen and oxygen atoms in total. The number of nitrogens with zero attached hydrogens (tertiary/aromatic N) is 1. The summed E-state index contributed by atoms with van der Waals surface area (Å²) in [4.78, 5) is 4.40. The number of primary sulfonamides is 1. The predicted octanol–water partition coefficient (Wildman–Crippen LogP) is -0.275. The molecule has 0 saturated heterocycles. The van der Waals surface area contributed by atoms with Gasteiger partial charge in [-0.25, -0.2) is 18.5 Å². The number of sulfonamides is 1. The average Bonchev–Trinajstić information content (AvgIpc) is 2.15. The number of aromatic nitrogens is 1. The second kappa shape index (κ2) is 5.39. The number of rotatable bonds is 5. The van der Waals surface area contributed by atoms with Crippen molar-refractivity contribution >= 4 is 33.0 Å². The van der Waals surface area contributed by atoms with Crippen LogP contribution >= 0.6 is 12.2 Å². The summed E-state index contributed by atoms with van der Waals surface area (Å²) in [5.74, 6) is 0.292. The lowest BCUT2D eigenvalue weighted by molar-refractivity contribution is 0.598. The molecule has 1 aromatic rings. The number of anilines is 1. The molecule has 0 atom stereocenters. The molecule has 0 aliphatic rings. The molecule has 8 heteroatoms. The van der Waals surface area contributed by atoms with Crippen molar-refractivity contribution in [2.45, 2.75) is 6.92 Å². The first-order chi connectivity index (χ1) is 7.79. The van der Waals surface area contributed by atoms with Crippen molar-refractivity contribution in [1.29, 1.82) is 0 Å². The minimum absolute atomic E-state index is 0.158. The highest BCUT2D eigenvalue weighted by Gasteiger charge is 2.08. The van der Waals surface area contributed by atoms with E-state index >= 15 is 0 Å². The van der Waals surface area contributed by atoms with E-state index in [0.29, 0.717) is 11.4 Å². The number of thiocarbonyl (C=S) groups is 1. The summed E-state index contributed by atoms with van der Waals surface area (Å²) in [5, 5.41) is 7.74. The first-order valence-electron chi connectivity index (χ1n) is 4.81. The van der Waals surface area contributed by atoms with Gasteiger partial charge in [-0.2, -0.15) is 0 Å². The van der Waals surface area contributed by atoms with Crippen LogP contribution < -0.4 is 16.2 Å². The van der Waals surface area contributed by atoms with Crippen LogP contribution in [0.5, 0.6) is 0 Å². The highest BCUT2D eigenvalue weighted by Crippen LogP contribution is 2.12. The van der Waals surface area contributed by atoms with Gasteiger partial charge in [0.25, 0.3) is 0 Å². The highest BCUT2D eigenvalue weighted by molar-refractivity contribution is 7.89. The molecule has 0 aliphatic heterocycles. The molecule has 0 amide bonds. The largest absolute Gasteiger partial charge is 0.389 e. The van der Waals surface area contributed by atoms with Gasteiger partial charge in [0, 0.05) is 12.2 Å². The first kappa shape index (κ1) is 13.8. The molecule has 0 saturated carbocycles. The van der Waals surface area contributed by atoms with Gasteiger partial charge in [-0.1, -0.05) is 12.2 Å². The van der Waals surface area contributed by atoms with Crippen LogP contribution in [0.1, 0.15) is 11.3 Å². The molecule has 94 valence electrons. The number of pyridine rings is 1. The predicted molar refractivity (Wildman–Crippen MR) is 71.3 cm³/mol. The fourth-order valence-electron chi connectivity index (χ4n) is 1.20. The van der Waals surface area contributed by atoms with Gasteiger partial charge in [0.1, 0.15) is 10.8 Å². The Hall–Kier alpha value is -1.25. The molecule has 1 heterocycles. The summed E-state index contributed by atoms with van der Waals surface area (Å²) in [6.07, 6.45) is 0. The van der Waals surface area contributed by atoms with Gasteiger partial charge in [0.15, 0.2) is 0 Å². The quantitative estimate of drug-likeness (QED) is 0.637. The zero-order valence-corrected chi connectivity index (χ0v) is 10.9. The lowest BCUT2D eigenvalue weighted by atomic mass is 10.2. The van der Waals surface area contributed by atoms with Crippen molar-refractivity contribution in [1.82, 2.24) is 4.98 Å². The maximum absolute atomic E-state index is 10.8. The van der Waals surface area contributed by atoms with E-state index in [4.69, 9.17) is 23.1 Å². The van der Waals surface area contributed by atoms with Crippen LogP contribution in [0.15, 0.2) is 12.1 Å². The van der Waals surface area contributed by atoms with Crippen LogP contribution in [-0.4, -0.2) is 30.7 Å². The summed E-state index contributed by atoms with van der Waals surface area (Å²) >= 11 is 4.87. The summed E-state index contributed by atoms with van der Waals surface area (Å²) in [7, 11) is -3.49. The maximum Gasteiger partial charge on any atom is 0.210 e. The Morgan fingerprint density at radius 2 is 2.18 bits per heavy atom. The molecule has 0 radical (unpaired) electrons. The highest BCUT2D eigenvalue weighted by atomic mass is 32.2. The molecule has 0 spiro atoms. The summed E-state index contributed by atoms with van der Waals surface area (Å²) < 4.78 is 21.5. The number of hydrogen-bond acceptors (Lipinski definition) is 5. The summed E-state index contributed by atoms with van der Waals surface area (Å²) in [5.41, 5.74) is 6.89. The van der Waals surface area contributed by atoms with Crippen molar-refractivity contribution in [2.24, 2.45) is 10.9 Å². The van der Waals surface area contributed by atoms with E-state index in [1.54, 1.807) is 12.1 Å². The maximum atomic E-state index is 10.8. The van der Waals surface area contributed by atoms with Crippen LogP contribution in [0.3, 0.4) is 0 Å². The topological polar surface area (TPSA) is 111 Å². The second-order valence-corrected chi connectivity index (χ2v) is 5.68. The molecule has 0 fully saturated rings. The summed E-state index contributed by atoms with van der Waals surface area (Å²) in [6.45, 7) is 1.97. The van der Waals surface area contributed by atoms with Crippen molar-refractivity contribution in [3.8, 4) is 0 Å². The Kier molecular flexibility index (Phi) is 4.38. The molecular formula is C9H14N4O2S2. The van der Waals surface area contributed by atoms with Gasteiger partial charge in [-0.3, -0.25) is 0 Å². The third-order valence-corrected chi connectivity index (χ3v) is 2.97. The number of nitrogens with one attached hydrogen (secondary N) is 1. The fraction of sp³-hybridized carbons (Fsp3) is 0.333. The van der Waals surface area contributed by atoms with E-state index in [2.05, 4.69) is 10.3 Å². The minimum atomic E-state index is -3.49. The van der Waals surface area contributed by atoms with Crippen molar-refractivity contribution in [3.63, 3.8) is 0 Å². The summed E-state index contributed by atoms with van der Waals surface area (Å²) in [6, 6.07) is 3.52. The fourth-order valence-corrected chi connectivity index (χ4v) is 1.75. The van der Waals surface area contributed by atoms with Gasteiger partial charge >= 0.3 is 0 Å². The molecule has 0 bridgehead atoms. The van der Waals surface area contributed by atoms with Crippen molar-refractivity contribution < 1.29 is 8.42 Å². The van der Waals surface area contributed by atoms with Gasteiger partial charge in [0.05, 0.1) is 11.3 Å². The lowest BCUT2D eigenvalue weighted by Crippen LogP contribution is -2.24. The third kappa shape index (κ3) is 4.63. The van der Waals surface area contributed by atoms with Crippen LogP contribution in [0, 0.1) is 6.92 Å². The number of hydrogen-bond donors (Lipinski definition) is 3. The van der Waals surface area contributed by atoms with Crippen molar-refractivity contribution in [2.75, 3.05) is 17.6 Å². The van der Waals surface area contributed by atoms with E-state index in [-0.39, 0.29) is 17.3 Å². The molecule has 0 unspecified atom stereocenters. The smallest absolute Gasteiger partial charge is 0.210 e. The van der Waals surface area contributed by atoms with Crippen LogP contribution in [0.4, 0.5) is 5.82 Å². The Labute approximate surface area is 105 Å². The van der Waals surface area contributed by atoms with E-state index in [0.717, 1.165) is 5.69 Å². The van der Waals surface area contributed by atoms with Gasteiger partial charge < -0.3 is 11.1 Å². The van der Waals surface area contributed by atoms with Crippen LogP contribution in [0.25, 0.3) is 0 Å². The van der Waals surface area contributed by atoms with Crippen LogP contribution in [-0.2, 0) is 10.0 Å². The zero-order valence-electron chi connectivity index (χ0n) is 9.30. The SMILES string of the molecule is Cc1ccc(C(N)=S)c(NCCS(N)(=O)=O)n1. The normalized spacial score (nSPS) is 11.2. The Bertz CT molecular complexity index is 528. The van der Waals surface area contributed by atoms with E-state index in [1.807, 2.05) is 6.92 Å². The number of aryl methyl sites for hydroxylation is 1. The lowest BCUT2D eigenvalue weighted by Gasteiger charge is -2.10. The molecule has 1 rings (SSSR count).